The van der Waals surface area contributed by atoms with Crippen LogP contribution in [-0.2, 0) is 0 Å². The predicted octanol–water partition coefficient (Wildman–Crippen LogP) is 2.94. The normalized spacial score (nSPS) is 10.3. The Morgan fingerprint density at radius 1 is 1.20 bits per heavy atom. The number of hydrogen-bond acceptors (Lipinski definition) is 3. The first-order valence-corrected chi connectivity index (χ1v) is 5.56. The minimum absolute atomic E-state index is 0.110. The summed E-state index contributed by atoms with van der Waals surface area (Å²) in [6.07, 6.45) is 8.28. The summed E-state index contributed by atoms with van der Waals surface area (Å²) in [5.41, 5.74) is 1.34. The van der Waals surface area contributed by atoms with Crippen LogP contribution in [0.1, 0.15) is 55.2 Å². The molecular weight excluding hydrogens is 188 g/mol. The highest BCUT2D eigenvalue weighted by Crippen LogP contribution is 2.06. The molecule has 0 saturated carbocycles. The number of ketones is 1. The molecule has 82 valence electrons. The molecule has 15 heavy (non-hydrogen) atoms. The van der Waals surface area contributed by atoms with Gasteiger partial charge in [-0.1, -0.05) is 26.2 Å². The zero-order chi connectivity index (χ0) is 11.1. The van der Waals surface area contributed by atoms with Crippen LogP contribution in [0.3, 0.4) is 0 Å². The highest BCUT2D eigenvalue weighted by Gasteiger charge is 2.06. The van der Waals surface area contributed by atoms with E-state index in [4.69, 9.17) is 0 Å². The van der Waals surface area contributed by atoms with Gasteiger partial charge in [-0.2, -0.15) is 0 Å². The van der Waals surface area contributed by atoms with Gasteiger partial charge in [0.2, 0.25) is 0 Å². The molecule has 0 aliphatic carbocycles. The fourth-order valence-corrected chi connectivity index (χ4v) is 1.38. The molecule has 0 atom stereocenters. The van der Waals surface area contributed by atoms with Crippen molar-refractivity contribution >= 4 is 5.78 Å². The van der Waals surface area contributed by atoms with Gasteiger partial charge >= 0.3 is 0 Å². The second-order valence-corrected chi connectivity index (χ2v) is 3.78. The minimum Gasteiger partial charge on any atom is -0.292 e. The van der Waals surface area contributed by atoms with Crippen LogP contribution in [0.2, 0.25) is 0 Å². The molecule has 0 radical (unpaired) electrons. The number of carbonyl (C=O) groups excluding carboxylic acids is 1. The summed E-state index contributed by atoms with van der Waals surface area (Å²) in [4.78, 5) is 19.7. The number of nitrogens with zero attached hydrogens (tertiary/aromatic N) is 2. The first-order chi connectivity index (χ1) is 7.24. The third-order valence-electron chi connectivity index (χ3n) is 2.32. The van der Waals surface area contributed by atoms with Crippen molar-refractivity contribution in [3.63, 3.8) is 0 Å². The minimum atomic E-state index is 0.110. The third kappa shape index (κ3) is 4.19. The lowest BCUT2D eigenvalue weighted by molar-refractivity contribution is 0.0974. The topological polar surface area (TPSA) is 42.9 Å². The van der Waals surface area contributed by atoms with Gasteiger partial charge in [0.15, 0.2) is 5.78 Å². The van der Waals surface area contributed by atoms with E-state index in [-0.39, 0.29) is 5.78 Å². The van der Waals surface area contributed by atoms with E-state index in [9.17, 15) is 4.79 Å². The Bertz CT molecular complexity index is 306. The van der Waals surface area contributed by atoms with E-state index >= 15 is 0 Å². The molecule has 0 spiro atoms. The molecule has 0 bridgehead atoms. The van der Waals surface area contributed by atoms with Crippen LogP contribution in [0.4, 0.5) is 0 Å². The Hall–Kier alpha value is -1.25. The van der Waals surface area contributed by atoms with Crippen LogP contribution in [0, 0.1) is 6.92 Å². The van der Waals surface area contributed by atoms with Gasteiger partial charge in [-0.3, -0.25) is 9.78 Å². The molecule has 0 aromatic carbocycles. The van der Waals surface area contributed by atoms with Gasteiger partial charge in [-0.05, 0) is 13.3 Å². The van der Waals surface area contributed by atoms with Gasteiger partial charge in [-0.15, -0.1) is 0 Å². The molecule has 0 N–H and O–H groups in total. The SMILES string of the molecule is CCCCCCC(=O)c1cnc(C)cn1. The fourth-order valence-electron chi connectivity index (χ4n) is 1.38. The summed E-state index contributed by atoms with van der Waals surface area (Å²) in [7, 11) is 0. The van der Waals surface area contributed by atoms with Gasteiger partial charge in [0.05, 0.1) is 11.9 Å². The molecule has 0 aliphatic rings. The Morgan fingerprint density at radius 3 is 2.60 bits per heavy atom. The van der Waals surface area contributed by atoms with Crippen molar-refractivity contribution < 1.29 is 4.79 Å². The first-order valence-electron chi connectivity index (χ1n) is 5.56. The van der Waals surface area contributed by atoms with Crippen LogP contribution in [0.15, 0.2) is 12.4 Å². The lowest BCUT2D eigenvalue weighted by atomic mass is 10.1. The Kier molecular flexibility index (Phi) is 4.95. The average molecular weight is 206 g/mol. The maximum atomic E-state index is 11.6. The molecule has 0 unspecified atom stereocenters. The molecule has 0 fully saturated rings. The van der Waals surface area contributed by atoms with Crippen molar-refractivity contribution in [2.45, 2.75) is 46.0 Å². The second-order valence-electron chi connectivity index (χ2n) is 3.78. The molecule has 1 aromatic heterocycles. The summed E-state index contributed by atoms with van der Waals surface area (Å²) in [6, 6.07) is 0. The lowest BCUT2D eigenvalue weighted by Crippen LogP contribution is -2.03. The molecule has 0 amide bonds. The van der Waals surface area contributed by atoms with Crippen LogP contribution in [0.5, 0.6) is 0 Å². The lowest BCUT2D eigenvalue weighted by Gasteiger charge is -2.00. The number of aromatic nitrogens is 2. The van der Waals surface area contributed by atoms with Gasteiger partial charge in [0, 0.05) is 12.6 Å². The zero-order valence-electron chi connectivity index (χ0n) is 9.49. The van der Waals surface area contributed by atoms with E-state index in [0.29, 0.717) is 12.1 Å². The molecule has 1 rings (SSSR count). The molecule has 1 aromatic rings. The number of hydrogen-bond donors (Lipinski definition) is 0. The van der Waals surface area contributed by atoms with Gasteiger partial charge < -0.3 is 0 Å². The van der Waals surface area contributed by atoms with Crippen LogP contribution in [0.25, 0.3) is 0 Å². The maximum absolute atomic E-state index is 11.6. The molecular formula is C12H18N2O. The van der Waals surface area contributed by atoms with Gasteiger partial charge in [0.25, 0.3) is 0 Å². The third-order valence-corrected chi connectivity index (χ3v) is 2.32. The van der Waals surface area contributed by atoms with E-state index in [1.54, 1.807) is 12.4 Å². The molecule has 1 heterocycles. The van der Waals surface area contributed by atoms with E-state index in [1.807, 2.05) is 6.92 Å². The summed E-state index contributed by atoms with van der Waals surface area (Å²) in [5.74, 6) is 0.110. The van der Waals surface area contributed by atoms with Gasteiger partial charge in [0.1, 0.15) is 5.69 Å². The fraction of sp³-hybridized carbons (Fsp3) is 0.583. The number of rotatable bonds is 6. The van der Waals surface area contributed by atoms with E-state index in [0.717, 1.165) is 18.5 Å². The second kappa shape index (κ2) is 6.27. The van der Waals surface area contributed by atoms with E-state index in [1.165, 1.54) is 12.8 Å². The van der Waals surface area contributed by atoms with Crippen molar-refractivity contribution in [3.05, 3.63) is 23.8 Å². The van der Waals surface area contributed by atoms with Crippen molar-refractivity contribution in [1.82, 2.24) is 9.97 Å². The summed E-state index contributed by atoms with van der Waals surface area (Å²) >= 11 is 0. The zero-order valence-corrected chi connectivity index (χ0v) is 9.49. The molecule has 3 heteroatoms. The van der Waals surface area contributed by atoms with E-state index < -0.39 is 0 Å². The Labute approximate surface area is 91.0 Å². The van der Waals surface area contributed by atoms with Crippen LogP contribution in [-0.4, -0.2) is 15.8 Å². The number of aryl methyl sites for hydroxylation is 1. The smallest absolute Gasteiger partial charge is 0.182 e. The summed E-state index contributed by atoms with van der Waals surface area (Å²) in [6.45, 7) is 4.02. The van der Waals surface area contributed by atoms with Crippen molar-refractivity contribution in [3.8, 4) is 0 Å². The van der Waals surface area contributed by atoms with Crippen LogP contribution < -0.4 is 0 Å². The maximum Gasteiger partial charge on any atom is 0.182 e. The highest BCUT2D eigenvalue weighted by atomic mass is 16.1. The Morgan fingerprint density at radius 2 is 2.00 bits per heavy atom. The van der Waals surface area contributed by atoms with E-state index in [2.05, 4.69) is 16.9 Å². The van der Waals surface area contributed by atoms with Gasteiger partial charge in [-0.25, -0.2) is 4.98 Å². The summed E-state index contributed by atoms with van der Waals surface area (Å²) < 4.78 is 0. The first kappa shape index (κ1) is 11.8. The monoisotopic (exact) mass is 206 g/mol. The molecule has 3 nitrogen and oxygen atoms in total. The average Bonchev–Trinajstić information content (AvgIpc) is 2.25. The Balaban J connectivity index is 2.37. The summed E-state index contributed by atoms with van der Waals surface area (Å²) in [5, 5.41) is 0. The van der Waals surface area contributed by atoms with Crippen molar-refractivity contribution in [2.24, 2.45) is 0 Å². The quantitative estimate of drug-likeness (QED) is 0.531. The standard InChI is InChI=1S/C12H18N2O/c1-3-4-5-6-7-12(15)11-9-13-10(2)8-14-11/h8-9H,3-7H2,1-2H3. The molecule has 0 aliphatic heterocycles. The number of unbranched alkanes of at least 4 members (excludes halogenated alkanes) is 3. The van der Waals surface area contributed by atoms with Crippen LogP contribution >= 0.6 is 0 Å². The highest BCUT2D eigenvalue weighted by molar-refractivity contribution is 5.93. The molecule has 0 saturated heterocycles. The predicted molar refractivity (Wildman–Crippen MR) is 59.9 cm³/mol. The van der Waals surface area contributed by atoms with Crippen molar-refractivity contribution in [1.29, 1.82) is 0 Å². The largest absolute Gasteiger partial charge is 0.292 e. The number of carbonyl (C=O) groups is 1. The number of Topliss-reactive ketones (excluding diaryl/α,β-unsaturated/α-hetero) is 1. The van der Waals surface area contributed by atoms with Crippen molar-refractivity contribution in [2.75, 3.05) is 0 Å².